The van der Waals surface area contributed by atoms with Crippen molar-refractivity contribution in [3.05, 3.63) is 50.8 Å². The topological polar surface area (TPSA) is 109 Å². The van der Waals surface area contributed by atoms with Crippen molar-refractivity contribution in [1.29, 1.82) is 0 Å². The molecule has 1 fully saturated rings. The van der Waals surface area contributed by atoms with E-state index in [1.165, 1.54) is 18.2 Å². The molecule has 3 aromatic rings. The van der Waals surface area contributed by atoms with E-state index in [0.717, 1.165) is 0 Å². The Labute approximate surface area is 260 Å². The van der Waals surface area contributed by atoms with Crippen LogP contribution in [0.25, 0.3) is 11.2 Å². The van der Waals surface area contributed by atoms with Gasteiger partial charge in [0.2, 0.25) is 11.8 Å². The van der Waals surface area contributed by atoms with Crippen LogP contribution >= 0.6 is 23.2 Å². The van der Waals surface area contributed by atoms with Gasteiger partial charge in [0, 0.05) is 24.0 Å². The number of aromatic amines is 1. The highest BCUT2D eigenvalue weighted by molar-refractivity contribution is 6.36. The van der Waals surface area contributed by atoms with E-state index < -0.39 is 61.5 Å². The molecule has 0 unspecified atom stereocenters. The highest BCUT2D eigenvalue weighted by Crippen LogP contribution is 2.38. The lowest BCUT2D eigenvalue weighted by atomic mass is 9.85. The van der Waals surface area contributed by atoms with Crippen LogP contribution in [0.3, 0.4) is 0 Å². The standard InChI is InChI=1S/C27H25Cl2F8N5O3/c28-17-6-1-12(10-38-21(43)9-26(32,33)34)22(29)15(17)8-20-40-18-7-16(25(42-23(18)41-20)45-11-19(30)31)24(44)39-14-4-2-13(3-5-14)27(35,36)37/h1,6-7,13-14,19H,2-5,8-11H2,(H,38,43)(H,39,44)(H,40,41,42). The smallest absolute Gasteiger partial charge is 0.397 e. The fourth-order valence-corrected chi connectivity index (χ4v) is 5.42. The van der Waals surface area contributed by atoms with Crippen molar-refractivity contribution in [1.82, 2.24) is 25.6 Å². The summed E-state index contributed by atoms with van der Waals surface area (Å²) in [6, 6.07) is 3.53. The van der Waals surface area contributed by atoms with E-state index in [4.69, 9.17) is 27.9 Å². The third kappa shape index (κ3) is 9.31. The van der Waals surface area contributed by atoms with Crippen LogP contribution in [-0.4, -0.2) is 58.2 Å². The lowest BCUT2D eigenvalue weighted by Gasteiger charge is -2.30. The first-order chi connectivity index (χ1) is 21.0. The van der Waals surface area contributed by atoms with E-state index in [0.29, 0.717) is 5.56 Å². The van der Waals surface area contributed by atoms with Crippen molar-refractivity contribution in [2.45, 2.75) is 69.9 Å². The molecular weight excluding hydrogens is 665 g/mol. The number of hydrogen-bond donors (Lipinski definition) is 3. The van der Waals surface area contributed by atoms with Crippen molar-refractivity contribution in [3.63, 3.8) is 0 Å². The van der Waals surface area contributed by atoms with E-state index in [1.807, 2.05) is 0 Å². The summed E-state index contributed by atoms with van der Waals surface area (Å²) in [7, 11) is 0. The number of hydrogen-bond acceptors (Lipinski definition) is 5. The highest BCUT2D eigenvalue weighted by Gasteiger charge is 2.41. The second-order valence-electron chi connectivity index (χ2n) is 10.4. The Balaban J connectivity index is 1.54. The molecule has 45 heavy (non-hydrogen) atoms. The number of benzene rings is 1. The number of pyridine rings is 1. The number of rotatable bonds is 10. The van der Waals surface area contributed by atoms with Gasteiger partial charge < -0.3 is 20.4 Å². The summed E-state index contributed by atoms with van der Waals surface area (Å²) < 4.78 is 107. The predicted molar refractivity (Wildman–Crippen MR) is 146 cm³/mol. The van der Waals surface area contributed by atoms with Crippen LogP contribution in [-0.2, 0) is 17.8 Å². The largest absolute Gasteiger partial charge is 0.471 e. The zero-order valence-corrected chi connectivity index (χ0v) is 24.5. The van der Waals surface area contributed by atoms with Crippen molar-refractivity contribution in [2.75, 3.05) is 6.61 Å². The molecule has 0 atom stereocenters. The van der Waals surface area contributed by atoms with Gasteiger partial charge in [0.25, 0.3) is 12.3 Å². The van der Waals surface area contributed by atoms with E-state index in [9.17, 15) is 44.7 Å². The van der Waals surface area contributed by atoms with E-state index in [-0.39, 0.29) is 76.8 Å². The Morgan fingerprint density at radius 3 is 2.36 bits per heavy atom. The first-order valence-electron chi connectivity index (χ1n) is 13.5. The first kappa shape index (κ1) is 34.5. The second-order valence-corrected chi connectivity index (χ2v) is 11.2. The van der Waals surface area contributed by atoms with Gasteiger partial charge in [-0.25, -0.2) is 13.8 Å². The molecule has 1 aliphatic carbocycles. The number of imidazole rings is 1. The van der Waals surface area contributed by atoms with Gasteiger partial charge in [0.05, 0.1) is 16.5 Å². The fourth-order valence-electron chi connectivity index (χ4n) is 4.85. The van der Waals surface area contributed by atoms with Gasteiger partial charge in [0.1, 0.15) is 17.8 Å². The lowest BCUT2D eigenvalue weighted by Crippen LogP contribution is -2.40. The van der Waals surface area contributed by atoms with Crippen molar-refractivity contribution >= 4 is 46.2 Å². The molecule has 18 heteroatoms. The molecule has 4 rings (SSSR count). The molecule has 0 spiro atoms. The second kappa shape index (κ2) is 13.9. The summed E-state index contributed by atoms with van der Waals surface area (Å²) >= 11 is 12.8. The quantitative estimate of drug-likeness (QED) is 0.200. The van der Waals surface area contributed by atoms with Crippen LogP contribution in [0.15, 0.2) is 18.2 Å². The molecule has 2 aromatic heterocycles. The summed E-state index contributed by atoms with van der Waals surface area (Å²) in [5.74, 6) is -3.77. The minimum Gasteiger partial charge on any atom is -0.471 e. The zero-order chi connectivity index (χ0) is 33.1. The number of nitrogens with zero attached hydrogens (tertiary/aromatic N) is 2. The van der Waals surface area contributed by atoms with Gasteiger partial charge in [-0.3, -0.25) is 9.59 Å². The number of fused-ring (bicyclic) bond motifs is 1. The molecule has 2 heterocycles. The Morgan fingerprint density at radius 2 is 1.73 bits per heavy atom. The number of nitrogens with one attached hydrogen (secondary N) is 3. The first-order valence-corrected chi connectivity index (χ1v) is 14.2. The van der Waals surface area contributed by atoms with Gasteiger partial charge in [0.15, 0.2) is 12.3 Å². The summed E-state index contributed by atoms with van der Waals surface area (Å²) in [5, 5.41) is 4.97. The Morgan fingerprint density at radius 1 is 1.04 bits per heavy atom. The number of carbonyl (C=O) groups excluding carboxylic acids is 2. The number of H-pyrrole nitrogens is 1. The molecule has 1 aromatic carbocycles. The lowest BCUT2D eigenvalue weighted by molar-refractivity contribution is -0.182. The average molecular weight is 690 g/mol. The normalized spacial score (nSPS) is 17.5. The Hall–Kier alpha value is -3.40. The van der Waals surface area contributed by atoms with E-state index >= 15 is 0 Å². The van der Waals surface area contributed by atoms with Gasteiger partial charge in [-0.2, -0.15) is 31.3 Å². The van der Waals surface area contributed by atoms with Crippen LogP contribution < -0.4 is 15.4 Å². The highest BCUT2D eigenvalue weighted by atomic mass is 35.5. The molecule has 0 bridgehead atoms. The molecule has 1 saturated carbocycles. The van der Waals surface area contributed by atoms with Crippen LogP contribution in [0.5, 0.6) is 5.88 Å². The SMILES string of the molecule is O=C(CC(F)(F)F)NCc1ccc(Cl)c(Cc2nc3nc(OCC(F)F)c(C(=O)NC4CCC(C(F)(F)F)CC4)cc3[nH]2)c1Cl. The Kier molecular flexibility index (Phi) is 10.7. The number of aromatic nitrogens is 3. The number of carbonyl (C=O) groups is 2. The van der Waals surface area contributed by atoms with Gasteiger partial charge in [-0.1, -0.05) is 29.3 Å². The zero-order valence-electron chi connectivity index (χ0n) is 23.0. The van der Waals surface area contributed by atoms with Crippen molar-refractivity contribution in [2.24, 2.45) is 5.92 Å². The maximum Gasteiger partial charge on any atom is 0.397 e. The number of amides is 2. The average Bonchev–Trinajstić information content (AvgIpc) is 3.33. The molecule has 0 saturated heterocycles. The third-order valence-corrected chi connectivity index (χ3v) is 7.88. The minimum absolute atomic E-state index is 0.0284. The van der Waals surface area contributed by atoms with Gasteiger partial charge in [-0.05, 0) is 48.9 Å². The van der Waals surface area contributed by atoms with Crippen molar-refractivity contribution < 1.29 is 49.4 Å². The summed E-state index contributed by atoms with van der Waals surface area (Å²) in [4.78, 5) is 36.0. The molecule has 8 nitrogen and oxygen atoms in total. The number of alkyl halides is 8. The maximum absolute atomic E-state index is 13.1. The predicted octanol–water partition coefficient (Wildman–Crippen LogP) is 6.92. The molecule has 2 amide bonds. The summed E-state index contributed by atoms with van der Waals surface area (Å²) in [6.07, 6.45) is -13.9. The van der Waals surface area contributed by atoms with Crippen LogP contribution in [0.1, 0.15) is 59.4 Å². The monoisotopic (exact) mass is 689 g/mol. The van der Waals surface area contributed by atoms with Crippen LogP contribution in [0.2, 0.25) is 10.0 Å². The number of ether oxygens (including phenoxy) is 1. The van der Waals surface area contributed by atoms with Crippen LogP contribution in [0.4, 0.5) is 35.1 Å². The van der Waals surface area contributed by atoms with E-state index in [1.54, 1.807) is 0 Å². The van der Waals surface area contributed by atoms with Gasteiger partial charge in [-0.15, -0.1) is 0 Å². The third-order valence-electron chi connectivity index (χ3n) is 7.05. The molecule has 0 aliphatic heterocycles. The molecule has 1 aliphatic rings. The van der Waals surface area contributed by atoms with Crippen molar-refractivity contribution in [3.8, 4) is 5.88 Å². The molecule has 3 N–H and O–H groups in total. The molecular formula is C27H25Cl2F8N5O3. The molecule has 246 valence electrons. The molecule has 0 radical (unpaired) electrons. The minimum atomic E-state index is -4.69. The number of halogens is 10. The van der Waals surface area contributed by atoms with E-state index in [2.05, 4.69) is 25.6 Å². The summed E-state index contributed by atoms with van der Waals surface area (Å²) in [6.45, 7) is -1.41. The van der Waals surface area contributed by atoms with Crippen LogP contribution in [0, 0.1) is 5.92 Å². The fraction of sp³-hybridized carbons (Fsp3) is 0.481. The van der Waals surface area contributed by atoms with Gasteiger partial charge >= 0.3 is 12.4 Å². The summed E-state index contributed by atoms with van der Waals surface area (Å²) in [5.41, 5.74) is 0.472. The maximum atomic E-state index is 13.1. The Bertz CT molecular complexity index is 1540.